The van der Waals surface area contributed by atoms with Crippen molar-refractivity contribution < 1.29 is 0 Å². The zero-order chi connectivity index (χ0) is 13.3. The standard InChI is InChI=1S/C18H22/c1-13-10-11-17(15(3)12-13)18(4,5)16-9-7-6-8-14(16)2/h6-12H,1-5H3. The predicted molar refractivity (Wildman–Crippen MR) is 79.2 cm³/mol. The van der Waals surface area contributed by atoms with Crippen LogP contribution in [0.4, 0.5) is 0 Å². The minimum atomic E-state index is 0.0587. The van der Waals surface area contributed by atoms with E-state index in [0.29, 0.717) is 0 Å². The van der Waals surface area contributed by atoms with Crippen molar-refractivity contribution in [1.82, 2.24) is 0 Å². The summed E-state index contributed by atoms with van der Waals surface area (Å²) in [7, 11) is 0. The second kappa shape index (κ2) is 4.61. The van der Waals surface area contributed by atoms with Gasteiger partial charge in [0.25, 0.3) is 0 Å². The zero-order valence-electron chi connectivity index (χ0n) is 12.0. The van der Waals surface area contributed by atoms with Crippen LogP contribution in [-0.2, 0) is 5.41 Å². The fourth-order valence-electron chi connectivity index (χ4n) is 2.93. The van der Waals surface area contributed by atoms with Crippen molar-refractivity contribution in [3.63, 3.8) is 0 Å². The molecule has 94 valence electrons. The lowest BCUT2D eigenvalue weighted by atomic mass is 9.74. The molecule has 0 heterocycles. The molecule has 2 aromatic carbocycles. The van der Waals surface area contributed by atoms with Gasteiger partial charge in [0.1, 0.15) is 0 Å². The van der Waals surface area contributed by atoms with Crippen molar-refractivity contribution in [2.75, 3.05) is 0 Å². The lowest BCUT2D eigenvalue weighted by Gasteiger charge is -2.29. The molecule has 0 unspecified atom stereocenters. The van der Waals surface area contributed by atoms with Crippen LogP contribution in [0.2, 0.25) is 0 Å². The summed E-state index contributed by atoms with van der Waals surface area (Å²) in [5, 5.41) is 0. The van der Waals surface area contributed by atoms with E-state index in [0.717, 1.165) is 0 Å². The molecule has 0 atom stereocenters. The second-order valence-electron chi connectivity index (χ2n) is 5.76. The first-order valence-electron chi connectivity index (χ1n) is 6.57. The van der Waals surface area contributed by atoms with Crippen molar-refractivity contribution in [2.24, 2.45) is 0 Å². The van der Waals surface area contributed by atoms with Gasteiger partial charge in [-0.2, -0.15) is 0 Å². The highest BCUT2D eigenvalue weighted by Crippen LogP contribution is 2.35. The summed E-state index contributed by atoms with van der Waals surface area (Å²) in [6.07, 6.45) is 0. The summed E-state index contributed by atoms with van der Waals surface area (Å²) >= 11 is 0. The van der Waals surface area contributed by atoms with Gasteiger partial charge in [0.15, 0.2) is 0 Å². The molecule has 0 saturated carbocycles. The van der Waals surface area contributed by atoms with E-state index in [9.17, 15) is 0 Å². The van der Waals surface area contributed by atoms with Gasteiger partial charge in [0, 0.05) is 5.41 Å². The number of hydrogen-bond donors (Lipinski definition) is 0. The molecule has 0 amide bonds. The van der Waals surface area contributed by atoms with Crippen LogP contribution in [0, 0.1) is 20.8 Å². The Balaban J connectivity index is 2.58. The van der Waals surface area contributed by atoms with E-state index in [1.165, 1.54) is 27.8 Å². The van der Waals surface area contributed by atoms with E-state index in [1.807, 2.05) is 0 Å². The smallest absolute Gasteiger partial charge is 0.0151 e. The Morgan fingerprint density at radius 3 is 1.94 bits per heavy atom. The minimum Gasteiger partial charge on any atom is -0.0620 e. The maximum Gasteiger partial charge on any atom is 0.0151 e. The largest absolute Gasteiger partial charge is 0.0620 e. The van der Waals surface area contributed by atoms with Crippen molar-refractivity contribution >= 4 is 0 Å². The van der Waals surface area contributed by atoms with Crippen LogP contribution in [0.1, 0.15) is 41.7 Å². The lowest BCUT2D eigenvalue weighted by Crippen LogP contribution is -2.21. The summed E-state index contributed by atoms with van der Waals surface area (Å²) in [4.78, 5) is 0. The van der Waals surface area contributed by atoms with Crippen molar-refractivity contribution in [1.29, 1.82) is 0 Å². The zero-order valence-corrected chi connectivity index (χ0v) is 12.0. The lowest BCUT2D eigenvalue weighted by molar-refractivity contribution is 0.631. The molecule has 0 fully saturated rings. The quantitative estimate of drug-likeness (QED) is 0.695. The maximum atomic E-state index is 2.31. The Hall–Kier alpha value is -1.56. The summed E-state index contributed by atoms with van der Waals surface area (Å²) in [5.74, 6) is 0. The summed E-state index contributed by atoms with van der Waals surface area (Å²) in [5.41, 5.74) is 6.96. The van der Waals surface area contributed by atoms with Crippen LogP contribution in [-0.4, -0.2) is 0 Å². The molecule has 0 aromatic heterocycles. The van der Waals surface area contributed by atoms with Gasteiger partial charge in [-0.1, -0.05) is 61.9 Å². The molecule has 0 aliphatic carbocycles. The molecule has 0 bridgehead atoms. The minimum absolute atomic E-state index is 0.0587. The Morgan fingerprint density at radius 1 is 0.722 bits per heavy atom. The van der Waals surface area contributed by atoms with E-state index in [1.54, 1.807) is 0 Å². The van der Waals surface area contributed by atoms with Crippen molar-refractivity contribution in [3.8, 4) is 0 Å². The Labute approximate surface area is 111 Å². The van der Waals surface area contributed by atoms with E-state index in [-0.39, 0.29) is 5.41 Å². The van der Waals surface area contributed by atoms with Crippen LogP contribution < -0.4 is 0 Å². The molecule has 0 N–H and O–H groups in total. The number of benzene rings is 2. The van der Waals surface area contributed by atoms with Gasteiger partial charge in [-0.3, -0.25) is 0 Å². The number of rotatable bonds is 2. The van der Waals surface area contributed by atoms with Crippen molar-refractivity contribution in [2.45, 2.75) is 40.0 Å². The fourth-order valence-corrected chi connectivity index (χ4v) is 2.93. The van der Waals surface area contributed by atoms with Gasteiger partial charge in [0.2, 0.25) is 0 Å². The average molecular weight is 238 g/mol. The molecule has 2 rings (SSSR count). The summed E-state index contributed by atoms with van der Waals surface area (Å²) in [6, 6.07) is 15.4. The first kappa shape index (κ1) is 12.9. The Bertz CT molecular complexity index is 562. The first-order valence-corrected chi connectivity index (χ1v) is 6.57. The van der Waals surface area contributed by atoms with E-state index in [4.69, 9.17) is 0 Å². The normalized spacial score (nSPS) is 11.6. The van der Waals surface area contributed by atoms with E-state index < -0.39 is 0 Å². The molecule has 2 aromatic rings. The van der Waals surface area contributed by atoms with Crippen LogP contribution in [0.3, 0.4) is 0 Å². The van der Waals surface area contributed by atoms with Gasteiger partial charge < -0.3 is 0 Å². The first-order chi connectivity index (χ1) is 8.43. The van der Waals surface area contributed by atoms with E-state index in [2.05, 4.69) is 77.1 Å². The fraction of sp³-hybridized carbons (Fsp3) is 0.333. The summed E-state index contributed by atoms with van der Waals surface area (Å²) in [6.45, 7) is 11.2. The molecular formula is C18H22. The molecule has 0 radical (unpaired) electrons. The topological polar surface area (TPSA) is 0 Å². The van der Waals surface area contributed by atoms with Crippen LogP contribution in [0.5, 0.6) is 0 Å². The molecule has 0 nitrogen and oxygen atoms in total. The SMILES string of the molecule is Cc1ccc(C(C)(C)c2ccccc2C)c(C)c1. The van der Waals surface area contributed by atoms with Crippen LogP contribution in [0.25, 0.3) is 0 Å². The molecule has 0 aliphatic heterocycles. The highest BCUT2D eigenvalue weighted by Gasteiger charge is 2.25. The Kier molecular flexibility index (Phi) is 3.30. The maximum absolute atomic E-state index is 2.31. The van der Waals surface area contributed by atoms with Gasteiger partial charge >= 0.3 is 0 Å². The summed E-state index contributed by atoms with van der Waals surface area (Å²) < 4.78 is 0. The third-order valence-corrected chi connectivity index (χ3v) is 3.87. The number of hydrogen-bond acceptors (Lipinski definition) is 0. The highest BCUT2D eigenvalue weighted by atomic mass is 14.3. The van der Waals surface area contributed by atoms with Crippen LogP contribution in [0.15, 0.2) is 42.5 Å². The molecule has 0 saturated heterocycles. The molecular weight excluding hydrogens is 216 g/mol. The highest BCUT2D eigenvalue weighted by molar-refractivity contribution is 5.45. The van der Waals surface area contributed by atoms with Gasteiger partial charge in [-0.05, 0) is 43.0 Å². The van der Waals surface area contributed by atoms with Gasteiger partial charge in [-0.15, -0.1) is 0 Å². The number of aryl methyl sites for hydroxylation is 3. The molecule has 0 aliphatic rings. The third-order valence-electron chi connectivity index (χ3n) is 3.87. The second-order valence-corrected chi connectivity index (χ2v) is 5.76. The molecule has 0 heteroatoms. The Morgan fingerprint density at radius 2 is 1.33 bits per heavy atom. The van der Waals surface area contributed by atoms with E-state index >= 15 is 0 Å². The molecule has 18 heavy (non-hydrogen) atoms. The molecule has 0 spiro atoms. The monoisotopic (exact) mass is 238 g/mol. The van der Waals surface area contributed by atoms with Gasteiger partial charge in [0.05, 0.1) is 0 Å². The van der Waals surface area contributed by atoms with Crippen molar-refractivity contribution in [3.05, 3.63) is 70.3 Å². The van der Waals surface area contributed by atoms with Crippen LogP contribution >= 0.6 is 0 Å². The average Bonchev–Trinajstić information content (AvgIpc) is 2.28. The van der Waals surface area contributed by atoms with Gasteiger partial charge in [-0.25, -0.2) is 0 Å². The third kappa shape index (κ3) is 2.20. The predicted octanol–water partition coefficient (Wildman–Crippen LogP) is 4.94.